The summed E-state index contributed by atoms with van der Waals surface area (Å²) in [6, 6.07) is 0. The van der Waals surface area contributed by atoms with Gasteiger partial charge < -0.3 is 5.32 Å². The van der Waals surface area contributed by atoms with Crippen molar-refractivity contribution in [2.45, 2.75) is 38.6 Å². The lowest BCUT2D eigenvalue weighted by molar-refractivity contribution is 0.0447. The second-order valence-corrected chi connectivity index (χ2v) is 8.51. The van der Waals surface area contributed by atoms with Crippen LogP contribution in [0.2, 0.25) is 0 Å². The van der Waals surface area contributed by atoms with E-state index < -0.39 is 9.84 Å². The van der Waals surface area contributed by atoms with Gasteiger partial charge in [0.05, 0.1) is 11.5 Å². The summed E-state index contributed by atoms with van der Waals surface area (Å²) in [7, 11) is -2.77. The largest absolute Gasteiger partial charge is 0.317 e. The Labute approximate surface area is 111 Å². The van der Waals surface area contributed by atoms with Crippen molar-refractivity contribution in [1.82, 2.24) is 10.2 Å². The molecule has 2 fully saturated rings. The first-order valence-corrected chi connectivity index (χ1v) is 8.92. The van der Waals surface area contributed by atoms with Gasteiger partial charge in [-0.15, -0.1) is 0 Å². The molecule has 2 heterocycles. The molecule has 0 atom stereocenters. The van der Waals surface area contributed by atoms with Crippen LogP contribution in [0.15, 0.2) is 0 Å². The average molecular weight is 274 g/mol. The van der Waals surface area contributed by atoms with Crippen LogP contribution in [0.25, 0.3) is 0 Å². The van der Waals surface area contributed by atoms with Crippen molar-refractivity contribution < 1.29 is 8.42 Å². The van der Waals surface area contributed by atoms with Gasteiger partial charge in [-0.2, -0.15) is 0 Å². The molecule has 0 radical (unpaired) electrons. The Balaban J connectivity index is 2.09. The van der Waals surface area contributed by atoms with Crippen molar-refractivity contribution in [2.24, 2.45) is 5.92 Å². The molecular weight excluding hydrogens is 248 g/mol. The maximum absolute atomic E-state index is 11.6. The zero-order chi connectivity index (χ0) is 13.2. The SMILES string of the molecule is CC(C)CC1(N2CCS(=O)(=O)CC2)CCNCC1. The predicted molar refractivity (Wildman–Crippen MR) is 74.5 cm³/mol. The molecule has 4 nitrogen and oxygen atoms in total. The highest BCUT2D eigenvalue weighted by Gasteiger charge is 2.40. The minimum absolute atomic E-state index is 0.245. The third kappa shape index (κ3) is 3.25. The van der Waals surface area contributed by atoms with E-state index in [4.69, 9.17) is 0 Å². The number of hydrogen-bond acceptors (Lipinski definition) is 4. The van der Waals surface area contributed by atoms with Crippen LogP contribution in [-0.4, -0.2) is 56.5 Å². The molecule has 2 aliphatic heterocycles. The van der Waals surface area contributed by atoms with Crippen LogP contribution in [0.1, 0.15) is 33.1 Å². The van der Waals surface area contributed by atoms with Gasteiger partial charge in [0.2, 0.25) is 0 Å². The van der Waals surface area contributed by atoms with Gasteiger partial charge in [-0.1, -0.05) is 13.8 Å². The highest BCUT2D eigenvalue weighted by Crippen LogP contribution is 2.34. The van der Waals surface area contributed by atoms with Crippen LogP contribution in [0, 0.1) is 5.92 Å². The van der Waals surface area contributed by atoms with E-state index in [1.165, 1.54) is 6.42 Å². The molecule has 0 spiro atoms. The van der Waals surface area contributed by atoms with Crippen molar-refractivity contribution in [3.63, 3.8) is 0 Å². The molecule has 0 bridgehead atoms. The van der Waals surface area contributed by atoms with Crippen LogP contribution in [0.5, 0.6) is 0 Å². The van der Waals surface area contributed by atoms with Crippen molar-refractivity contribution in [3.05, 3.63) is 0 Å². The molecule has 0 saturated carbocycles. The quantitative estimate of drug-likeness (QED) is 0.830. The fraction of sp³-hybridized carbons (Fsp3) is 1.00. The fourth-order valence-electron chi connectivity index (χ4n) is 3.49. The summed E-state index contributed by atoms with van der Waals surface area (Å²) in [5, 5.41) is 3.42. The lowest BCUT2D eigenvalue weighted by atomic mass is 9.79. The Bertz CT molecular complexity index is 358. The predicted octanol–water partition coefficient (Wildman–Crippen LogP) is 0.885. The molecule has 0 amide bonds. The second-order valence-electron chi connectivity index (χ2n) is 6.21. The van der Waals surface area contributed by atoms with Crippen LogP contribution in [0.4, 0.5) is 0 Å². The molecular formula is C13H26N2O2S. The number of hydrogen-bond donors (Lipinski definition) is 1. The van der Waals surface area contributed by atoms with Crippen LogP contribution in [0.3, 0.4) is 0 Å². The van der Waals surface area contributed by atoms with E-state index in [-0.39, 0.29) is 5.54 Å². The maximum atomic E-state index is 11.6. The Hall–Kier alpha value is -0.130. The van der Waals surface area contributed by atoms with Gasteiger partial charge in [-0.05, 0) is 38.3 Å². The van der Waals surface area contributed by atoms with E-state index in [1.807, 2.05) is 0 Å². The summed E-state index contributed by atoms with van der Waals surface area (Å²) in [5.74, 6) is 1.36. The Morgan fingerprint density at radius 1 is 1.17 bits per heavy atom. The van der Waals surface area contributed by atoms with Gasteiger partial charge in [0.25, 0.3) is 0 Å². The molecule has 0 unspecified atom stereocenters. The Morgan fingerprint density at radius 2 is 1.72 bits per heavy atom. The standard InChI is InChI=1S/C13H26N2O2S/c1-12(2)11-13(3-5-14-6-4-13)15-7-9-18(16,17)10-8-15/h12,14H,3-11H2,1-2H3. The molecule has 2 rings (SSSR count). The Kier molecular flexibility index (Phi) is 4.34. The molecule has 5 heteroatoms. The molecule has 0 aromatic heterocycles. The minimum Gasteiger partial charge on any atom is -0.317 e. The molecule has 18 heavy (non-hydrogen) atoms. The van der Waals surface area contributed by atoms with Gasteiger partial charge in [0, 0.05) is 18.6 Å². The third-order valence-corrected chi connectivity index (χ3v) is 5.95. The normalized spacial score (nSPS) is 28.4. The van der Waals surface area contributed by atoms with Crippen molar-refractivity contribution >= 4 is 9.84 Å². The van der Waals surface area contributed by atoms with Crippen LogP contribution in [-0.2, 0) is 9.84 Å². The van der Waals surface area contributed by atoms with Crippen molar-refractivity contribution in [1.29, 1.82) is 0 Å². The van der Waals surface area contributed by atoms with Gasteiger partial charge >= 0.3 is 0 Å². The molecule has 0 aromatic rings. The fourth-order valence-corrected chi connectivity index (χ4v) is 4.69. The summed E-state index contributed by atoms with van der Waals surface area (Å²) in [6.45, 7) is 8.13. The van der Waals surface area contributed by atoms with Gasteiger partial charge in [-0.25, -0.2) is 8.42 Å². The monoisotopic (exact) mass is 274 g/mol. The van der Waals surface area contributed by atoms with Crippen molar-refractivity contribution in [3.8, 4) is 0 Å². The van der Waals surface area contributed by atoms with E-state index in [0.29, 0.717) is 17.4 Å². The smallest absolute Gasteiger partial charge is 0.152 e. The molecule has 1 N–H and O–H groups in total. The van der Waals surface area contributed by atoms with Gasteiger partial charge in [-0.3, -0.25) is 4.90 Å². The number of rotatable bonds is 3. The molecule has 0 aromatic carbocycles. The lowest BCUT2D eigenvalue weighted by Gasteiger charge is -2.49. The first-order valence-electron chi connectivity index (χ1n) is 7.10. The highest BCUT2D eigenvalue weighted by atomic mass is 32.2. The first-order chi connectivity index (χ1) is 8.44. The summed E-state index contributed by atoms with van der Waals surface area (Å²) in [5.41, 5.74) is 0.245. The van der Waals surface area contributed by atoms with Crippen LogP contribution < -0.4 is 5.32 Å². The average Bonchev–Trinajstić information content (AvgIpc) is 2.28. The van der Waals surface area contributed by atoms with E-state index in [9.17, 15) is 8.42 Å². The summed E-state index contributed by atoms with van der Waals surface area (Å²) in [4.78, 5) is 2.47. The first kappa shape index (κ1) is 14.3. The minimum atomic E-state index is -2.77. The molecule has 106 valence electrons. The zero-order valence-electron chi connectivity index (χ0n) is 11.6. The lowest BCUT2D eigenvalue weighted by Crippen LogP contribution is -2.59. The van der Waals surface area contributed by atoms with Crippen LogP contribution >= 0.6 is 0 Å². The summed E-state index contributed by atoms with van der Waals surface area (Å²) in [6.07, 6.45) is 3.51. The summed E-state index contributed by atoms with van der Waals surface area (Å²) < 4.78 is 23.1. The highest BCUT2D eigenvalue weighted by molar-refractivity contribution is 7.91. The molecule has 2 aliphatic rings. The van der Waals surface area contributed by atoms with Gasteiger partial charge in [0.1, 0.15) is 0 Å². The molecule has 2 saturated heterocycles. The topological polar surface area (TPSA) is 49.4 Å². The van der Waals surface area contributed by atoms with Crippen molar-refractivity contribution in [2.75, 3.05) is 37.7 Å². The summed E-state index contributed by atoms with van der Waals surface area (Å²) >= 11 is 0. The number of nitrogens with zero attached hydrogens (tertiary/aromatic N) is 1. The van der Waals surface area contributed by atoms with E-state index >= 15 is 0 Å². The maximum Gasteiger partial charge on any atom is 0.152 e. The van der Waals surface area contributed by atoms with E-state index in [2.05, 4.69) is 24.1 Å². The van der Waals surface area contributed by atoms with Gasteiger partial charge in [0.15, 0.2) is 9.84 Å². The Morgan fingerprint density at radius 3 is 2.22 bits per heavy atom. The van der Waals surface area contributed by atoms with E-state index in [0.717, 1.165) is 39.0 Å². The number of sulfone groups is 1. The number of piperidine rings is 1. The number of nitrogens with one attached hydrogen (secondary N) is 1. The molecule has 0 aliphatic carbocycles. The second kappa shape index (κ2) is 5.47. The third-order valence-electron chi connectivity index (χ3n) is 4.34. The van der Waals surface area contributed by atoms with E-state index in [1.54, 1.807) is 0 Å². The zero-order valence-corrected chi connectivity index (χ0v) is 12.4.